The number of nitrogens with one attached hydrogen (secondary N) is 1. The molecular weight excluding hydrogens is 364 g/mol. The van der Waals surface area contributed by atoms with Gasteiger partial charge in [0.15, 0.2) is 0 Å². The third-order valence-corrected chi connectivity index (χ3v) is 5.41. The van der Waals surface area contributed by atoms with Gasteiger partial charge < -0.3 is 9.73 Å². The van der Waals surface area contributed by atoms with Gasteiger partial charge in [-0.3, -0.25) is 4.79 Å². The summed E-state index contributed by atoms with van der Waals surface area (Å²) in [5.74, 6) is 0.0837. The van der Waals surface area contributed by atoms with Crippen molar-refractivity contribution in [2.24, 2.45) is 0 Å². The molecule has 1 aliphatic rings. The first-order chi connectivity index (χ1) is 14.0. The first-order valence-electron chi connectivity index (χ1n) is 9.67. The van der Waals surface area contributed by atoms with Gasteiger partial charge in [0, 0.05) is 5.56 Å². The summed E-state index contributed by atoms with van der Waals surface area (Å²) in [5, 5.41) is 3.49. The molecule has 29 heavy (non-hydrogen) atoms. The minimum atomic E-state index is -0.795. The number of amides is 1. The quantitative estimate of drug-likeness (QED) is 0.737. The predicted octanol–water partition coefficient (Wildman–Crippen LogP) is 3.93. The fourth-order valence-electron chi connectivity index (χ4n) is 3.50. The van der Waals surface area contributed by atoms with Gasteiger partial charge in [-0.05, 0) is 43.2 Å². The number of rotatable bonds is 4. The Kier molecular flexibility index (Phi) is 4.89. The minimum Gasteiger partial charge on any atom is -0.407 e. The van der Waals surface area contributed by atoms with E-state index in [1.165, 1.54) is 5.56 Å². The maximum Gasteiger partial charge on any atom is 0.346 e. The molecule has 1 N–H and O–H groups in total. The highest BCUT2D eigenvalue weighted by Gasteiger charge is 2.39. The average Bonchev–Trinajstić information content (AvgIpc) is 2.75. The third-order valence-electron chi connectivity index (χ3n) is 5.41. The maximum atomic E-state index is 12.8. The summed E-state index contributed by atoms with van der Waals surface area (Å²) in [6, 6.07) is 14.2. The molecule has 5 nitrogen and oxygen atoms in total. The lowest BCUT2D eigenvalue weighted by atomic mass is 9.78. The van der Waals surface area contributed by atoms with E-state index in [-0.39, 0.29) is 11.8 Å². The van der Waals surface area contributed by atoms with Gasteiger partial charge in [0.1, 0.15) is 0 Å². The predicted molar refractivity (Wildman–Crippen MR) is 113 cm³/mol. The maximum absolute atomic E-state index is 12.8. The number of allylic oxidation sites excluding steroid dienone is 2. The largest absolute Gasteiger partial charge is 0.407 e. The number of benzene rings is 2. The molecule has 1 aromatic heterocycles. The number of hydrogen-bond donors (Lipinski definition) is 1. The first kappa shape index (κ1) is 18.9. The molecule has 0 bridgehead atoms. The summed E-state index contributed by atoms with van der Waals surface area (Å²) < 4.78 is 5.58. The number of hydrogen-bond acceptors (Lipinski definition) is 4. The van der Waals surface area contributed by atoms with Crippen LogP contribution in [0.25, 0.3) is 10.9 Å². The topological polar surface area (TPSA) is 72.2 Å². The summed E-state index contributed by atoms with van der Waals surface area (Å²) in [6.45, 7) is 3.97. The SMILES string of the molecule is CCc1ccc(C(=O)NC2C=CC=CC2(C)c2nc3ccccc3c(=O)o2)cc1. The molecule has 0 saturated heterocycles. The Hall–Kier alpha value is -3.47. The van der Waals surface area contributed by atoms with Crippen LogP contribution in [0.1, 0.15) is 35.7 Å². The van der Waals surface area contributed by atoms with Crippen LogP contribution in [0.4, 0.5) is 0 Å². The summed E-state index contributed by atoms with van der Waals surface area (Å²) in [5.41, 5.74) is 1.10. The lowest BCUT2D eigenvalue weighted by molar-refractivity contribution is 0.0930. The van der Waals surface area contributed by atoms with E-state index in [2.05, 4.69) is 17.2 Å². The van der Waals surface area contributed by atoms with Crippen molar-refractivity contribution in [1.29, 1.82) is 0 Å². The third kappa shape index (κ3) is 3.51. The van der Waals surface area contributed by atoms with E-state index in [0.717, 1.165) is 6.42 Å². The van der Waals surface area contributed by atoms with Crippen molar-refractivity contribution < 1.29 is 9.21 Å². The van der Waals surface area contributed by atoms with E-state index >= 15 is 0 Å². The number of carbonyl (C=O) groups is 1. The van der Waals surface area contributed by atoms with Gasteiger partial charge in [-0.25, -0.2) is 9.78 Å². The van der Waals surface area contributed by atoms with E-state index < -0.39 is 17.1 Å². The van der Waals surface area contributed by atoms with Gasteiger partial charge in [-0.2, -0.15) is 0 Å². The molecule has 1 heterocycles. The number of aryl methyl sites for hydroxylation is 1. The molecule has 0 saturated carbocycles. The van der Waals surface area contributed by atoms with Crippen LogP contribution in [0.3, 0.4) is 0 Å². The van der Waals surface area contributed by atoms with Crippen LogP contribution in [0.2, 0.25) is 0 Å². The number of fused-ring (bicyclic) bond motifs is 1. The Labute approximate surface area is 168 Å². The fraction of sp³-hybridized carbons (Fsp3) is 0.208. The molecule has 5 heteroatoms. The van der Waals surface area contributed by atoms with Crippen LogP contribution in [0, 0.1) is 0 Å². The zero-order valence-electron chi connectivity index (χ0n) is 16.4. The Balaban J connectivity index is 1.68. The van der Waals surface area contributed by atoms with Crippen LogP contribution in [0.15, 0.2) is 82.0 Å². The van der Waals surface area contributed by atoms with Crippen molar-refractivity contribution in [1.82, 2.24) is 10.3 Å². The molecule has 0 fully saturated rings. The van der Waals surface area contributed by atoms with Crippen molar-refractivity contribution >= 4 is 16.8 Å². The molecule has 4 rings (SSSR count). The van der Waals surface area contributed by atoms with Crippen molar-refractivity contribution in [3.8, 4) is 0 Å². The van der Waals surface area contributed by atoms with Crippen LogP contribution in [0.5, 0.6) is 0 Å². The van der Waals surface area contributed by atoms with E-state index in [4.69, 9.17) is 4.42 Å². The zero-order valence-corrected chi connectivity index (χ0v) is 16.4. The van der Waals surface area contributed by atoms with Gasteiger partial charge in [0.2, 0.25) is 5.89 Å². The molecule has 3 aromatic rings. The second kappa shape index (κ2) is 7.51. The van der Waals surface area contributed by atoms with Crippen molar-refractivity contribution in [2.75, 3.05) is 0 Å². The smallest absolute Gasteiger partial charge is 0.346 e. The Morgan fingerprint density at radius 1 is 1.14 bits per heavy atom. The number of para-hydroxylation sites is 1. The van der Waals surface area contributed by atoms with Gasteiger partial charge in [-0.15, -0.1) is 0 Å². The van der Waals surface area contributed by atoms with Gasteiger partial charge >= 0.3 is 5.63 Å². The molecule has 1 amide bonds. The lowest BCUT2D eigenvalue weighted by Crippen LogP contribution is -2.48. The first-order valence-corrected chi connectivity index (χ1v) is 9.67. The van der Waals surface area contributed by atoms with Gasteiger partial charge in [-0.1, -0.05) is 55.5 Å². The summed E-state index contributed by atoms with van der Waals surface area (Å²) in [6.07, 6.45) is 8.44. The molecule has 2 aromatic carbocycles. The van der Waals surface area contributed by atoms with E-state index in [1.54, 1.807) is 18.2 Å². The molecule has 0 spiro atoms. The van der Waals surface area contributed by atoms with Crippen molar-refractivity contribution in [3.05, 3.63) is 100 Å². The average molecular weight is 386 g/mol. The van der Waals surface area contributed by atoms with Crippen LogP contribution in [-0.4, -0.2) is 16.9 Å². The Bertz CT molecular complexity index is 1170. The van der Waals surface area contributed by atoms with Crippen LogP contribution < -0.4 is 10.9 Å². The highest BCUT2D eigenvalue weighted by molar-refractivity contribution is 5.94. The standard InChI is InChI=1S/C24H22N2O3/c1-3-16-11-13-17(14-12-16)21(27)26-20-10-6-7-15-24(20,2)23-25-19-9-5-4-8-18(19)22(28)29-23/h4-15,20H,3H2,1-2H3,(H,26,27). The van der Waals surface area contributed by atoms with E-state index in [1.807, 2.05) is 61.6 Å². The number of nitrogens with zero attached hydrogens (tertiary/aromatic N) is 1. The van der Waals surface area contributed by atoms with Gasteiger partial charge in [0.05, 0.1) is 22.4 Å². The Morgan fingerprint density at radius 3 is 2.66 bits per heavy atom. The molecular formula is C24H22N2O3. The highest BCUT2D eigenvalue weighted by Crippen LogP contribution is 2.31. The number of carbonyl (C=O) groups excluding carboxylic acids is 1. The van der Waals surface area contributed by atoms with E-state index in [0.29, 0.717) is 16.5 Å². The second-order valence-electron chi connectivity index (χ2n) is 7.35. The molecule has 2 atom stereocenters. The second-order valence-corrected chi connectivity index (χ2v) is 7.35. The summed E-state index contributed by atoms with van der Waals surface area (Å²) in [4.78, 5) is 29.9. The van der Waals surface area contributed by atoms with Gasteiger partial charge in [0.25, 0.3) is 5.91 Å². The van der Waals surface area contributed by atoms with Crippen LogP contribution in [-0.2, 0) is 11.8 Å². The van der Waals surface area contributed by atoms with E-state index in [9.17, 15) is 9.59 Å². The fourth-order valence-corrected chi connectivity index (χ4v) is 3.50. The van der Waals surface area contributed by atoms with Crippen molar-refractivity contribution in [3.63, 3.8) is 0 Å². The number of aromatic nitrogens is 1. The lowest BCUT2D eigenvalue weighted by Gasteiger charge is -2.33. The Morgan fingerprint density at radius 2 is 1.90 bits per heavy atom. The molecule has 0 radical (unpaired) electrons. The zero-order chi connectivity index (χ0) is 20.4. The minimum absolute atomic E-state index is 0.188. The summed E-state index contributed by atoms with van der Waals surface area (Å²) >= 11 is 0. The molecule has 146 valence electrons. The van der Waals surface area contributed by atoms with Crippen LogP contribution >= 0.6 is 0 Å². The monoisotopic (exact) mass is 386 g/mol. The molecule has 2 unspecified atom stereocenters. The molecule has 0 aliphatic heterocycles. The molecule has 1 aliphatic carbocycles. The van der Waals surface area contributed by atoms with Crippen molar-refractivity contribution in [2.45, 2.75) is 31.7 Å². The summed E-state index contributed by atoms with van der Waals surface area (Å²) in [7, 11) is 0. The normalized spacial score (nSPS) is 20.7. The highest BCUT2D eigenvalue weighted by atomic mass is 16.4.